The lowest BCUT2D eigenvalue weighted by atomic mass is 9.90. The second kappa shape index (κ2) is 9.07. The van der Waals surface area contributed by atoms with Crippen molar-refractivity contribution >= 4 is 39.3 Å². The Kier molecular flexibility index (Phi) is 7.26. The van der Waals surface area contributed by atoms with Gasteiger partial charge in [0.05, 0.1) is 6.54 Å². The summed E-state index contributed by atoms with van der Waals surface area (Å²) in [5, 5.41) is 2.86. The molecule has 0 saturated carbocycles. The smallest absolute Gasteiger partial charge is 0.243 e. The topological polar surface area (TPSA) is 69.7 Å². The van der Waals surface area contributed by atoms with Crippen LogP contribution < -0.4 is 5.32 Å². The summed E-state index contributed by atoms with van der Waals surface area (Å²) in [5.41, 5.74) is 1.28. The maximum atomic E-state index is 12.7. The first-order valence-corrected chi connectivity index (χ1v) is 10.4. The van der Waals surface area contributed by atoms with Gasteiger partial charge < -0.3 is 15.1 Å². The predicted octanol–water partition coefficient (Wildman–Crippen LogP) is 3.44. The van der Waals surface area contributed by atoms with E-state index in [9.17, 15) is 14.4 Å². The average molecular weight is 452 g/mol. The number of halogens is 1. The van der Waals surface area contributed by atoms with Crippen LogP contribution in [0.3, 0.4) is 0 Å². The number of amides is 3. The summed E-state index contributed by atoms with van der Waals surface area (Å²) in [6.07, 6.45) is 1.27. The van der Waals surface area contributed by atoms with E-state index >= 15 is 0 Å². The summed E-state index contributed by atoms with van der Waals surface area (Å²) in [6.45, 7) is 8.83. The summed E-state index contributed by atoms with van der Waals surface area (Å²) in [7, 11) is 1.66. The van der Waals surface area contributed by atoms with Crippen LogP contribution >= 0.6 is 15.9 Å². The molecule has 1 aromatic carbocycles. The fourth-order valence-corrected chi connectivity index (χ4v) is 3.84. The number of nitrogens with one attached hydrogen (secondary N) is 1. The highest BCUT2D eigenvalue weighted by molar-refractivity contribution is 9.10. The molecule has 1 saturated heterocycles. The van der Waals surface area contributed by atoms with E-state index in [0.717, 1.165) is 15.7 Å². The Morgan fingerprint density at radius 2 is 1.82 bits per heavy atom. The number of likely N-dealkylation sites (tertiary alicyclic amines) is 1. The van der Waals surface area contributed by atoms with Gasteiger partial charge in [0.2, 0.25) is 17.7 Å². The van der Waals surface area contributed by atoms with Crippen LogP contribution in [0.25, 0.3) is 0 Å². The molecule has 0 bridgehead atoms. The van der Waals surface area contributed by atoms with Gasteiger partial charge in [-0.05, 0) is 43.5 Å². The van der Waals surface area contributed by atoms with Crippen LogP contribution in [0.2, 0.25) is 0 Å². The van der Waals surface area contributed by atoms with Crippen LogP contribution in [0.15, 0.2) is 22.7 Å². The predicted molar refractivity (Wildman–Crippen MR) is 114 cm³/mol. The number of nitrogens with zero attached hydrogens (tertiary/aromatic N) is 2. The SMILES string of the molecule is Cc1cc(Br)ccc1NC(=O)CN(C)C(=O)C1CCN(C(=O)C(C)(C)C)CC1. The molecule has 7 heteroatoms. The number of rotatable bonds is 4. The Bertz CT molecular complexity index is 750. The van der Waals surface area contributed by atoms with E-state index in [1.54, 1.807) is 7.05 Å². The molecule has 1 heterocycles. The zero-order valence-corrected chi connectivity index (χ0v) is 18.9. The number of piperidine rings is 1. The number of hydrogen-bond acceptors (Lipinski definition) is 3. The Morgan fingerprint density at radius 3 is 2.36 bits per heavy atom. The number of likely N-dealkylation sites (N-methyl/N-ethyl adjacent to an activating group) is 1. The summed E-state index contributed by atoms with van der Waals surface area (Å²) in [6, 6.07) is 5.63. The fraction of sp³-hybridized carbons (Fsp3) is 0.571. The summed E-state index contributed by atoms with van der Waals surface area (Å²) < 4.78 is 0.951. The third-order valence-corrected chi connectivity index (χ3v) is 5.49. The fourth-order valence-electron chi connectivity index (χ4n) is 3.37. The molecule has 1 aliphatic rings. The maximum absolute atomic E-state index is 12.7. The molecular weight excluding hydrogens is 422 g/mol. The van der Waals surface area contributed by atoms with Gasteiger partial charge in [-0.15, -0.1) is 0 Å². The van der Waals surface area contributed by atoms with E-state index < -0.39 is 5.41 Å². The minimum absolute atomic E-state index is 0.00940. The van der Waals surface area contributed by atoms with Gasteiger partial charge in [0.25, 0.3) is 0 Å². The summed E-state index contributed by atoms with van der Waals surface area (Å²) >= 11 is 3.40. The first kappa shape index (κ1) is 22.4. The maximum Gasteiger partial charge on any atom is 0.243 e. The molecule has 1 aromatic rings. The normalized spacial score (nSPS) is 15.3. The van der Waals surface area contributed by atoms with Crippen molar-refractivity contribution in [2.75, 3.05) is 32.0 Å². The molecule has 0 aliphatic carbocycles. The number of hydrogen-bond donors (Lipinski definition) is 1. The Labute approximate surface area is 175 Å². The zero-order valence-electron chi connectivity index (χ0n) is 17.3. The number of benzene rings is 1. The second-order valence-corrected chi connectivity index (χ2v) is 9.43. The molecule has 28 heavy (non-hydrogen) atoms. The van der Waals surface area contributed by atoms with Crippen molar-refractivity contribution in [3.05, 3.63) is 28.2 Å². The van der Waals surface area contributed by atoms with Gasteiger partial charge in [-0.25, -0.2) is 0 Å². The minimum atomic E-state index is -0.406. The van der Waals surface area contributed by atoms with Crippen LogP contribution in [-0.4, -0.2) is 54.2 Å². The Hall–Kier alpha value is -1.89. The van der Waals surface area contributed by atoms with Crippen LogP contribution in [0.1, 0.15) is 39.2 Å². The number of carbonyl (C=O) groups excluding carboxylic acids is 3. The van der Waals surface area contributed by atoms with Crippen molar-refractivity contribution in [2.24, 2.45) is 11.3 Å². The lowest BCUT2D eigenvalue weighted by Gasteiger charge is -2.36. The molecule has 0 atom stereocenters. The molecule has 154 valence electrons. The molecule has 0 aromatic heterocycles. The van der Waals surface area contributed by atoms with Crippen LogP contribution in [-0.2, 0) is 14.4 Å². The molecule has 1 aliphatic heterocycles. The molecule has 3 amide bonds. The standard InChI is InChI=1S/C21H30BrN3O3/c1-14-12-16(22)6-7-17(14)23-18(26)13-24(5)19(27)15-8-10-25(11-9-15)20(28)21(2,3)4/h6-7,12,15H,8-11,13H2,1-5H3,(H,23,26). The largest absolute Gasteiger partial charge is 0.342 e. The lowest BCUT2D eigenvalue weighted by Crippen LogP contribution is -2.47. The monoisotopic (exact) mass is 451 g/mol. The third-order valence-electron chi connectivity index (χ3n) is 4.99. The molecule has 6 nitrogen and oxygen atoms in total. The first-order valence-electron chi connectivity index (χ1n) is 9.59. The van der Waals surface area contributed by atoms with Gasteiger partial charge in [-0.2, -0.15) is 0 Å². The van der Waals surface area contributed by atoms with Crippen molar-refractivity contribution in [1.29, 1.82) is 0 Å². The van der Waals surface area contributed by atoms with E-state index in [1.165, 1.54) is 4.90 Å². The molecule has 0 unspecified atom stereocenters. The second-order valence-electron chi connectivity index (χ2n) is 8.52. The van der Waals surface area contributed by atoms with Crippen molar-refractivity contribution in [3.8, 4) is 0 Å². The molecule has 1 fully saturated rings. The highest BCUT2D eigenvalue weighted by Crippen LogP contribution is 2.25. The number of aryl methyl sites for hydroxylation is 1. The quantitative estimate of drug-likeness (QED) is 0.761. The van der Waals surface area contributed by atoms with Crippen LogP contribution in [0.5, 0.6) is 0 Å². The highest BCUT2D eigenvalue weighted by atomic mass is 79.9. The van der Waals surface area contributed by atoms with Crippen LogP contribution in [0.4, 0.5) is 5.69 Å². The van der Waals surface area contributed by atoms with E-state index in [2.05, 4.69) is 21.2 Å². The zero-order chi connectivity index (χ0) is 21.1. The summed E-state index contributed by atoms with van der Waals surface area (Å²) in [4.78, 5) is 40.7. The van der Waals surface area contributed by atoms with Gasteiger partial charge in [0.15, 0.2) is 0 Å². The Balaban J connectivity index is 1.86. The van der Waals surface area contributed by atoms with Gasteiger partial charge >= 0.3 is 0 Å². The molecule has 2 rings (SSSR count). The highest BCUT2D eigenvalue weighted by Gasteiger charge is 2.33. The Morgan fingerprint density at radius 1 is 1.21 bits per heavy atom. The van der Waals surface area contributed by atoms with E-state index in [0.29, 0.717) is 25.9 Å². The van der Waals surface area contributed by atoms with Gasteiger partial charge in [0.1, 0.15) is 0 Å². The molecule has 1 N–H and O–H groups in total. The van der Waals surface area contributed by atoms with Crippen molar-refractivity contribution in [3.63, 3.8) is 0 Å². The molecule has 0 spiro atoms. The molecular formula is C21H30BrN3O3. The molecule has 0 radical (unpaired) electrons. The number of anilines is 1. The average Bonchev–Trinajstić information content (AvgIpc) is 2.62. The first-order chi connectivity index (χ1) is 13.0. The van der Waals surface area contributed by atoms with E-state index in [1.807, 2.05) is 50.8 Å². The van der Waals surface area contributed by atoms with Gasteiger partial charge in [-0.3, -0.25) is 14.4 Å². The van der Waals surface area contributed by atoms with Gasteiger partial charge in [-0.1, -0.05) is 36.7 Å². The minimum Gasteiger partial charge on any atom is -0.342 e. The third kappa shape index (κ3) is 5.80. The van der Waals surface area contributed by atoms with Crippen molar-refractivity contribution < 1.29 is 14.4 Å². The number of carbonyl (C=O) groups is 3. The van der Waals surface area contributed by atoms with E-state index in [4.69, 9.17) is 0 Å². The van der Waals surface area contributed by atoms with E-state index in [-0.39, 0.29) is 30.2 Å². The van der Waals surface area contributed by atoms with Gasteiger partial charge in [0, 0.05) is 41.6 Å². The van der Waals surface area contributed by atoms with Crippen LogP contribution in [0, 0.1) is 18.3 Å². The lowest BCUT2D eigenvalue weighted by molar-refractivity contribution is -0.144. The van der Waals surface area contributed by atoms with Crippen molar-refractivity contribution in [1.82, 2.24) is 9.80 Å². The summed E-state index contributed by atoms with van der Waals surface area (Å²) in [5.74, 6) is -0.278. The van der Waals surface area contributed by atoms with Crippen molar-refractivity contribution in [2.45, 2.75) is 40.5 Å².